The number of hydrogen-bond donors (Lipinski definition) is 1. The van der Waals surface area contributed by atoms with E-state index in [4.69, 9.17) is 4.74 Å². The normalized spacial score (nSPS) is 23.1. The van der Waals surface area contributed by atoms with Gasteiger partial charge in [0.15, 0.2) is 0 Å². The SMILES string of the molecule is COc1ccc(SCCC(=O)N2CC[C@@H]3CNC[C@@H]3CC2)cc1.Cl. The number of fused-ring (bicyclic) bond motifs is 1. The Morgan fingerprint density at radius 2 is 1.83 bits per heavy atom. The first-order valence-electron chi connectivity index (χ1n) is 8.51. The number of thioether (sulfide) groups is 1. The third-order valence-corrected chi connectivity index (χ3v) is 6.03. The molecule has 2 heterocycles. The summed E-state index contributed by atoms with van der Waals surface area (Å²) in [7, 11) is 1.67. The monoisotopic (exact) mass is 370 g/mol. The molecule has 1 aromatic rings. The molecule has 0 aliphatic carbocycles. The topological polar surface area (TPSA) is 41.6 Å². The third-order valence-electron chi connectivity index (χ3n) is 5.02. The zero-order chi connectivity index (χ0) is 16.1. The second-order valence-corrected chi connectivity index (χ2v) is 7.58. The number of benzene rings is 1. The molecule has 2 aliphatic rings. The zero-order valence-corrected chi connectivity index (χ0v) is 15.8. The van der Waals surface area contributed by atoms with Crippen molar-refractivity contribution >= 4 is 30.1 Å². The summed E-state index contributed by atoms with van der Waals surface area (Å²) in [5.41, 5.74) is 0. The van der Waals surface area contributed by atoms with Crippen LogP contribution in [0.25, 0.3) is 0 Å². The van der Waals surface area contributed by atoms with Gasteiger partial charge in [0.25, 0.3) is 0 Å². The summed E-state index contributed by atoms with van der Waals surface area (Å²) in [4.78, 5) is 15.7. The maximum atomic E-state index is 12.4. The average molecular weight is 371 g/mol. The van der Waals surface area contributed by atoms with Gasteiger partial charge in [0.1, 0.15) is 5.75 Å². The quantitative estimate of drug-likeness (QED) is 0.809. The summed E-state index contributed by atoms with van der Waals surface area (Å²) in [6.07, 6.45) is 2.95. The van der Waals surface area contributed by atoms with Crippen LogP contribution in [0.4, 0.5) is 0 Å². The van der Waals surface area contributed by atoms with Crippen LogP contribution in [0.5, 0.6) is 5.75 Å². The van der Waals surface area contributed by atoms with Gasteiger partial charge in [-0.2, -0.15) is 0 Å². The number of methoxy groups -OCH3 is 1. The molecule has 0 unspecified atom stereocenters. The van der Waals surface area contributed by atoms with E-state index < -0.39 is 0 Å². The van der Waals surface area contributed by atoms with Gasteiger partial charge >= 0.3 is 0 Å². The van der Waals surface area contributed by atoms with Crippen LogP contribution in [0.2, 0.25) is 0 Å². The summed E-state index contributed by atoms with van der Waals surface area (Å²) in [5.74, 6) is 3.59. The lowest BCUT2D eigenvalue weighted by Gasteiger charge is -2.20. The van der Waals surface area contributed by atoms with E-state index in [2.05, 4.69) is 10.2 Å². The fraction of sp³-hybridized carbons (Fsp3) is 0.611. The smallest absolute Gasteiger partial charge is 0.223 e. The fourth-order valence-electron chi connectivity index (χ4n) is 3.55. The van der Waals surface area contributed by atoms with E-state index >= 15 is 0 Å². The number of nitrogens with zero attached hydrogens (tertiary/aromatic N) is 1. The average Bonchev–Trinajstić information content (AvgIpc) is 2.93. The van der Waals surface area contributed by atoms with E-state index in [-0.39, 0.29) is 12.4 Å². The van der Waals surface area contributed by atoms with Gasteiger partial charge in [-0.15, -0.1) is 24.2 Å². The Labute approximate surface area is 155 Å². The highest BCUT2D eigenvalue weighted by molar-refractivity contribution is 7.99. The molecular weight excluding hydrogens is 344 g/mol. The van der Waals surface area contributed by atoms with Crippen LogP contribution in [0.1, 0.15) is 19.3 Å². The summed E-state index contributed by atoms with van der Waals surface area (Å²) in [5, 5.41) is 3.48. The molecule has 6 heteroatoms. The van der Waals surface area contributed by atoms with Gasteiger partial charge in [0, 0.05) is 30.2 Å². The maximum Gasteiger partial charge on any atom is 0.223 e. The molecule has 2 fully saturated rings. The first kappa shape index (κ1) is 19.4. The van der Waals surface area contributed by atoms with Crippen molar-refractivity contribution in [3.63, 3.8) is 0 Å². The molecule has 4 nitrogen and oxygen atoms in total. The number of ether oxygens (including phenoxy) is 1. The van der Waals surface area contributed by atoms with Crippen molar-refractivity contribution in [3.8, 4) is 5.75 Å². The van der Waals surface area contributed by atoms with Crippen LogP contribution in [0.15, 0.2) is 29.2 Å². The summed E-state index contributed by atoms with van der Waals surface area (Å²) in [6, 6.07) is 8.03. The molecule has 0 spiro atoms. The van der Waals surface area contributed by atoms with Crippen molar-refractivity contribution < 1.29 is 9.53 Å². The Balaban J connectivity index is 0.00000208. The molecule has 1 aromatic carbocycles. The fourth-order valence-corrected chi connectivity index (χ4v) is 4.39. The number of rotatable bonds is 5. The summed E-state index contributed by atoms with van der Waals surface area (Å²) < 4.78 is 5.16. The van der Waals surface area contributed by atoms with Crippen molar-refractivity contribution in [3.05, 3.63) is 24.3 Å². The molecule has 1 N–H and O–H groups in total. The van der Waals surface area contributed by atoms with Gasteiger partial charge in [-0.3, -0.25) is 4.79 Å². The number of amides is 1. The lowest BCUT2D eigenvalue weighted by atomic mass is 9.92. The maximum absolute atomic E-state index is 12.4. The Bertz CT molecular complexity index is 512. The number of carbonyl (C=O) groups is 1. The van der Waals surface area contributed by atoms with Gasteiger partial charge in [-0.1, -0.05) is 0 Å². The Kier molecular flexibility index (Phi) is 7.72. The molecule has 0 bridgehead atoms. The molecule has 2 atom stereocenters. The molecule has 0 saturated carbocycles. The van der Waals surface area contributed by atoms with E-state index in [1.165, 1.54) is 4.90 Å². The van der Waals surface area contributed by atoms with Crippen molar-refractivity contribution in [1.82, 2.24) is 10.2 Å². The minimum absolute atomic E-state index is 0. The lowest BCUT2D eigenvalue weighted by molar-refractivity contribution is -0.130. The summed E-state index contributed by atoms with van der Waals surface area (Å²) in [6.45, 7) is 4.16. The van der Waals surface area contributed by atoms with Crippen molar-refractivity contribution in [2.75, 3.05) is 39.0 Å². The van der Waals surface area contributed by atoms with Gasteiger partial charge in [-0.25, -0.2) is 0 Å². The van der Waals surface area contributed by atoms with E-state index in [9.17, 15) is 4.79 Å². The molecule has 2 saturated heterocycles. The van der Waals surface area contributed by atoms with Crippen molar-refractivity contribution in [2.45, 2.75) is 24.2 Å². The third kappa shape index (κ3) is 5.04. The Morgan fingerprint density at radius 1 is 1.21 bits per heavy atom. The van der Waals surface area contributed by atoms with E-state index in [0.717, 1.165) is 62.4 Å². The van der Waals surface area contributed by atoms with E-state index in [1.54, 1.807) is 18.9 Å². The number of likely N-dealkylation sites (tertiary alicyclic amines) is 1. The highest BCUT2D eigenvalue weighted by Crippen LogP contribution is 2.28. The predicted molar refractivity (Wildman–Crippen MR) is 101 cm³/mol. The molecule has 1 amide bonds. The minimum atomic E-state index is 0. The molecular formula is C18H27ClN2O2S. The molecule has 134 valence electrons. The first-order chi connectivity index (χ1) is 11.3. The largest absolute Gasteiger partial charge is 0.497 e. The summed E-state index contributed by atoms with van der Waals surface area (Å²) >= 11 is 1.74. The highest BCUT2D eigenvalue weighted by atomic mass is 35.5. The molecule has 24 heavy (non-hydrogen) atoms. The van der Waals surface area contributed by atoms with E-state index in [1.807, 2.05) is 24.3 Å². The van der Waals surface area contributed by atoms with Gasteiger partial charge in [0.2, 0.25) is 5.91 Å². The second-order valence-electron chi connectivity index (χ2n) is 6.41. The van der Waals surface area contributed by atoms with Gasteiger partial charge in [-0.05, 0) is 62.0 Å². The number of nitrogens with one attached hydrogen (secondary N) is 1. The lowest BCUT2D eigenvalue weighted by Crippen LogP contribution is -2.32. The van der Waals surface area contributed by atoms with E-state index in [0.29, 0.717) is 12.3 Å². The van der Waals surface area contributed by atoms with Gasteiger partial charge < -0.3 is 15.0 Å². The second kappa shape index (κ2) is 9.54. The van der Waals surface area contributed by atoms with Gasteiger partial charge in [0.05, 0.1) is 7.11 Å². The number of halogens is 1. The molecule has 0 aromatic heterocycles. The molecule has 3 rings (SSSR count). The highest BCUT2D eigenvalue weighted by Gasteiger charge is 2.31. The predicted octanol–water partition coefficient (Wildman–Crippen LogP) is 3.06. The number of hydrogen-bond acceptors (Lipinski definition) is 4. The van der Waals surface area contributed by atoms with Crippen LogP contribution in [-0.2, 0) is 4.79 Å². The van der Waals surface area contributed by atoms with Crippen molar-refractivity contribution in [2.24, 2.45) is 11.8 Å². The number of carbonyl (C=O) groups excluding carboxylic acids is 1. The Hall–Kier alpha value is -0.910. The van der Waals surface area contributed by atoms with Crippen LogP contribution in [0, 0.1) is 11.8 Å². The standard InChI is InChI=1S/C18H26N2O2S.ClH/c1-22-16-2-4-17(5-3-16)23-11-8-18(21)20-9-6-14-12-19-13-15(14)7-10-20;/h2-5,14-15,19H,6-13H2,1H3;1H/t14-,15+;. The Morgan fingerprint density at radius 3 is 2.42 bits per heavy atom. The molecule has 0 radical (unpaired) electrons. The zero-order valence-electron chi connectivity index (χ0n) is 14.2. The minimum Gasteiger partial charge on any atom is -0.497 e. The van der Waals surface area contributed by atoms with Crippen LogP contribution in [-0.4, -0.2) is 49.8 Å². The van der Waals surface area contributed by atoms with Crippen LogP contribution >= 0.6 is 24.2 Å². The van der Waals surface area contributed by atoms with Crippen LogP contribution in [0.3, 0.4) is 0 Å². The van der Waals surface area contributed by atoms with Crippen molar-refractivity contribution in [1.29, 1.82) is 0 Å². The first-order valence-corrected chi connectivity index (χ1v) is 9.50. The van der Waals surface area contributed by atoms with Crippen LogP contribution < -0.4 is 10.1 Å². The molecule has 2 aliphatic heterocycles.